The van der Waals surface area contributed by atoms with Gasteiger partial charge in [-0.2, -0.15) is 0 Å². The van der Waals surface area contributed by atoms with Gasteiger partial charge in [-0.05, 0) is 48.7 Å². The van der Waals surface area contributed by atoms with Crippen molar-refractivity contribution in [2.24, 2.45) is 0 Å². The van der Waals surface area contributed by atoms with Crippen LogP contribution in [-0.4, -0.2) is 30.1 Å². The lowest BCUT2D eigenvalue weighted by atomic mass is 9.95. The summed E-state index contributed by atoms with van der Waals surface area (Å²) in [6.45, 7) is 3.43. The van der Waals surface area contributed by atoms with Crippen LogP contribution in [0.4, 0.5) is 0 Å². The van der Waals surface area contributed by atoms with Gasteiger partial charge >= 0.3 is 0 Å². The number of Topliss-reactive ketones (excluding diaryl/α,β-unsaturated/α-hetero) is 2. The molecule has 1 atom stereocenters. The summed E-state index contributed by atoms with van der Waals surface area (Å²) < 4.78 is 5.97. The number of benzene rings is 2. The SMILES string of the molecule is CC(=O)c1cc(C(=O)NC[C@H]2Cc3cc(-c4ccccc4C(C)=O)ccc3O2)cs1. The molecule has 1 N–H and O–H groups in total. The fourth-order valence-electron chi connectivity index (χ4n) is 3.59. The molecule has 6 heteroatoms. The van der Waals surface area contributed by atoms with E-state index in [9.17, 15) is 14.4 Å². The Morgan fingerprint density at radius 3 is 2.60 bits per heavy atom. The number of amides is 1. The van der Waals surface area contributed by atoms with Crippen molar-refractivity contribution >= 4 is 28.8 Å². The molecule has 30 heavy (non-hydrogen) atoms. The molecule has 0 radical (unpaired) electrons. The first-order valence-electron chi connectivity index (χ1n) is 9.70. The van der Waals surface area contributed by atoms with Crippen molar-refractivity contribution in [2.45, 2.75) is 26.4 Å². The second kappa shape index (κ2) is 8.24. The summed E-state index contributed by atoms with van der Waals surface area (Å²) in [4.78, 5) is 36.3. The molecule has 2 aromatic carbocycles. The van der Waals surface area contributed by atoms with E-state index in [1.165, 1.54) is 18.3 Å². The molecule has 0 fully saturated rings. The number of carbonyl (C=O) groups excluding carboxylic acids is 3. The third-order valence-corrected chi connectivity index (χ3v) is 6.15. The first-order valence-corrected chi connectivity index (χ1v) is 10.6. The molecule has 2 heterocycles. The van der Waals surface area contributed by atoms with Crippen molar-refractivity contribution in [3.63, 3.8) is 0 Å². The highest BCUT2D eigenvalue weighted by Gasteiger charge is 2.24. The maximum Gasteiger partial charge on any atom is 0.252 e. The van der Waals surface area contributed by atoms with Gasteiger partial charge in [0.2, 0.25) is 0 Å². The molecule has 1 aromatic heterocycles. The smallest absolute Gasteiger partial charge is 0.252 e. The third kappa shape index (κ3) is 4.04. The molecule has 3 aromatic rings. The lowest BCUT2D eigenvalue weighted by Gasteiger charge is -2.11. The predicted molar refractivity (Wildman–Crippen MR) is 117 cm³/mol. The molecule has 4 rings (SSSR count). The largest absolute Gasteiger partial charge is 0.488 e. The molecular formula is C24H21NO4S. The first-order chi connectivity index (χ1) is 14.4. The van der Waals surface area contributed by atoms with Crippen molar-refractivity contribution in [1.82, 2.24) is 5.32 Å². The fourth-order valence-corrected chi connectivity index (χ4v) is 4.38. The van der Waals surface area contributed by atoms with Crippen LogP contribution in [0.15, 0.2) is 53.9 Å². The molecule has 1 aliphatic rings. The van der Waals surface area contributed by atoms with Crippen LogP contribution in [0.1, 0.15) is 49.8 Å². The van der Waals surface area contributed by atoms with Crippen molar-refractivity contribution in [1.29, 1.82) is 0 Å². The topological polar surface area (TPSA) is 72.5 Å². The maximum absolute atomic E-state index is 12.3. The minimum atomic E-state index is -0.214. The van der Waals surface area contributed by atoms with Crippen LogP contribution in [0.25, 0.3) is 11.1 Å². The van der Waals surface area contributed by atoms with Gasteiger partial charge in [-0.25, -0.2) is 0 Å². The van der Waals surface area contributed by atoms with E-state index in [1.807, 2.05) is 36.4 Å². The number of ketones is 2. The lowest BCUT2D eigenvalue weighted by molar-refractivity contribution is 0.0933. The molecule has 0 aliphatic carbocycles. The Balaban J connectivity index is 1.43. The van der Waals surface area contributed by atoms with Crippen LogP contribution >= 0.6 is 11.3 Å². The Morgan fingerprint density at radius 1 is 1.07 bits per heavy atom. The number of fused-ring (bicyclic) bond motifs is 1. The summed E-state index contributed by atoms with van der Waals surface area (Å²) in [6, 6.07) is 15.1. The lowest BCUT2D eigenvalue weighted by Crippen LogP contribution is -2.34. The molecule has 152 valence electrons. The molecular weight excluding hydrogens is 398 g/mol. The zero-order valence-electron chi connectivity index (χ0n) is 16.7. The second-order valence-electron chi connectivity index (χ2n) is 7.33. The zero-order chi connectivity index (χ0) is 21.3. The quantitative estimate of drug-likeness (QED) is 0.595. The highest BCUT2D eigenvalue weighted by atomic mass is 32.1. The number of hydrogen-bond acceptors (Lipinski definition) is 5. The average Bonchev–Trinajstić information content (AvgIpc) is 3.38. The summed E-state index contributed by atoms with van der Waals surface area (Å²) in [5.74, 6) is 0.571. The molecule has 0 saturated heterocycles. The Hall–Kier alpha value is -3.25. The molecule has 0 unspecified atom stereocenters. The minimum absolute atomic E-state index is 0.0318. The van der Waals surface area contributed by atoms with Crippen LogP contribution in [-0.2, 0) is 6.42 Å². The monoisotopic (exact) mass is 419 g/mol. The summed E-state index contributed by atoms with van der Waals surface area (Å²) >= 11 is 1.27. The fraction of sp³-hybridized carbons (Fsp3) is 0.208. The van der Waals surface area contributed by atoms with Crippen molar-refractivity contribution in [3.05, 3.63) is 75.5 Å². The van der Waals surface area contributed by atoms with Crippen molar-refractivity contribution in [3.8, 4) is 16.9 Å². The molecule has 0 saturated carbocycles. The maximum atomic E-state index is 12.3. The van der Waals surface area contributed by atoms with E-state index >= 15 is 0 Å². The third-order valence-electron chi connectivity index (χ3n) is 5.12. The summed E-state index contributed by atoms with van der Waals surface area (Å²) in [6.07, 6.45) is 0.516. The van der Waals surface area contributed by atoms with Gasteiger partial charge in [0.15, 0.2) is 11.6 Å². The summed E-state index contributed by atoms with van der Waals surface area (Å²) in [5, 5.41) is 4.57. The Kier molecular flexibility index (Phi) is 5.50. The molecule has 0 spiro atoms. The number of carbonyl (C=O) groups is 3. The van der Waals surface area contributed by atoms with Gasteiger partial charge in [-0.3, -0.25) is 14.4 Å². The summed E-state index contributed by atoms with van der Waals surface area (Å²) in [7, 11) is 0. The van der Waals surface area contributed by atoms with Crippen LogP contribution in [0.2, 0.25) is 0 Å². The van der Waals surface area contributed by atoms with Crippen LogP contribution < -0.4 is 10.1 Å². The van der Waals surface area contributed by atoms with E-state index in [2.05, 4.69) is 11.4 Å². The predicted octanol–water partition coefficient (Wildman–Crippen LogP) is 4.55. The van der Waals surface area contributed by atoms with Crippen LogP contribution in [0.3, 0.4) is 0 Å². The van der Waals surface area contributed by atoms with E-state index < -0.39 is 0 Å². The normalized spacial score (nSPS) is 14.7. The molecule has 1 amide bonds. The van der Waals surface area contributed by atoms with E-state index in [1.54, 1.807) is 18.4 Å². The van der Waals surface area contributed by atoms with E-state index in [0.717, 1.165) is 22.4 Å². The zero-order valence-corrected chi connectivity index (χ0v) is 17.5. The van der Waals surface area contributed by atoms with Gasteiger partial charge in [0, 0.05) is 17.4 Å². The number of thiophene rings is 1. The van der Waals surface area contributed by atoms with Gasteiger partial charge < -0.3 is 10.1 Å². The standard InChI is InChI=1S/C24H21NO4S/c1-14(26)20-5-3-4-6-21(20)16-7-8-22-17(9-16)10-19(29-22)12-25-24(28)18-11-23(15(2)27)30-13-18/h3-9,11,13,19H,10,12H2,1-2H3,(H,25,28)/t19-/m1/s1. The van der Waals surface area contributed by atoms with Gasteiger partial charge in [0.25, 0.3) is 5.91 Å². The van der Waals surface area contributed by atoms with Crippen LogP contribution in [0, 0.1) is 0 Å². The van der Waals surface area contributed by atoms with Crippen LogP contribution in [0.5, 0.6) is 5.75 Å². The van der Waals surface area contributed by atoms with E-state index in [-0.39, 0.29) is 23.6 Å². The Labute approximate surface area is 178 Å². The Bertz CT molecular complexity index is 1150. The van der Waals surface area contributed by atoms with E-state index in [4.69, 9.17) is 4.74 Å². The molecule has 0 bridgehead atoms. The highest BCUT2D eigenvalue weighted by Crippen LogP contribution is 2.34. The highest BCUT2D eigenvalue weighted by molar-refractivity contribution is 7.12. The van der Waals surface area contributed by atoms with Gasteiger partial charge in [0.05, 0.1) is 17.0 Å². The number of rotatable bonds is 6. The number of hydrogen-bond donors (Lipinski definition) is 1. The van der Waals surface area contributed by atoms with Gasteiger partial charge in [0.1, 0.15) is 11.9 Å². The van der Waals surface area contributed by atoms with Gasteiger partial charge in [-0.15, -0.1) is 11.3 Å². The first kappa shape index (κ1) is 20.0. The summed E-state index contributed by atoms with van der Waals surface area (Å²) in [5.41, 5.74) is 4.12. The second-order valence-corrected chi connectivity index (χ2v) is 8.25. The van der Waals surface area contributed by atoms with Crippen molar-refractivity contribution in [2.75, 3.05) is 6.54 Å². The number of nitrogens with one attached hydrogen (secondary N) is 1. The van der Waals surface area contributed by atoms with E-state index in [0.29, 0.717) is 29.0 Å². The Morgan fingerprint density at radius 2 is 1.87 bits per heavy atom. The number of ether oxygens (including phenoxy) is 1. The van der Waals surface area contributed by atoms with Crippen molar-refractivity contribution < 1.29 is 19.1 Å². The molecule has 1 aliphatic heterocycles. The molecule has 5 nitrogen and oxygen atoms in total. The minimum Gasteiger partial charge on any atom is -0.488 e. The van der Waals surface area contributed by atoms with Gasteiger partial charge in [-0.1, -0.05) is 30.3 Å². The average molecular weight is 420 g/mol.